The van der Waals surface area contributed by atoms with Crippen LogP contribution in [0.4, 0.5) is 0 Å². The zero-order chi connectivity index (χ0) is 14.6. The summed E-state index contributed by atoms with van der Waals surface area (Å²) in [6.07, 6.45) is 0.823. The number of nitrogens with zero attached hydrogens (tertiary/aromatic N) is 1. The molecule has 106 valence electrons. The van der Waals surface area contributed by atoms with Gasteiger partial charge in [-0.25, -0.2) is 0 Å². The summed E-state index contributed by atoms with van der Waals surface area (Å²) in [6, 6.07) is 5.91. The molecular weight excluding hydrogens is 304 g/mol. The van der Waals surface area contributed by atoms with E-state index in [1.165, 1.54) is 0 Å². The number of halogens is 1. The molecule has 2 N–H and O–H groups in total. The van der Waals surface area contributed by atoms with E-state index in [0.717, 1.165) is 16.5 Å². The van der Waals surface area contributed by atoms with E-state index in [4.69, 9.17) is 5.73 Å². The van der Waals surface area contributed by atoms with Gasteiger partial charge in [0.05, 0.1) is 5.56 Å². The highest BCUT2D eigenvalue weighted by Gasteiger charge is 2.16. The maximum Gasteiger partial charge on any atom is 0.254 e. The van der Waals surface area contributed by atoms with Crippen LogP contribution in [0.3, 0.4) is 0 Å². The quantitative estimate of drug-likeness (QED) is 0.903. The highest BCUT2D eigenvalue weighted by Crippen LogP contribution is 2.20. The lowest BCUT2D eigenvalue weighted by atomic mass is 10.0. The van der Waals surface area contributed by atoms with Gasteiger partial charge in [0.1, 0.15) is 0 Å². The van der Waals surface area contributed by atoms with Gasteiger partial charge in [-0.3, -0.25) is 4.79 Å². The topological polar surface area (TPSA) is 46.3 Å². The molecule has 19 heavy (non-hydrogen) atoms. The van der Waals surface area contributed by atoms with E-state index in [1.54, 1.807) is 4.90 Å². The Labute approximate surface area is 124 Å². The van der Waals surface area contributed by atoms with E-state index in [2.05, 4.69) is 29.8 Å². The zero-order valence-electron chi connectivity index (χ0n) is 12.1. The number of rotatable bonds is 5. The van der Waals surface area contributed by atoms with E-state index in [1.807, 2.05) is 32.2 Å². The average molecular weight is 327 g/mol. The Bertz CT molecular complexity index is 446. The van der Waals surface area contributed by atoms with Crippen LogP contribution in [0.15, 0.2) is 22.7 Å². The summed E-state index contributed by atoms with van der Waals surface area (Å²) in [5.74, 6) is 0.470. The van der Waals surface area contributed by atoms with Crippen molar-refractivity contribution >= 4 is 21.8 Å². The fraction of sp³-hybridized carbons (Fsp3) is 0.533. The van der Waals surface area contributed by atoms with Crippen LogP contribution >= 0.6 is 15.9 Å². The van der Waals surface area contributed by atoms with Crippen molar-refractivity contribution < 1.29 is 4.79 Å². The first-order chi connectivity index (χ1) is 8.82. The first-order valence-electron chi connectivity index (χ1n) is 6.60. The van der Waals surface area contributed by atoms with Gasteiger partial charge < -0.3 is 10.6 Å². The van der Waals surface area contributed by atoms with Crippen molar-refractivity contribution in [2.45, 2.75) is 33.2 Å². The molecule has 0 fully saturated rings. The maximum atomic E-state index is 12.3. The van der Waals surface area contributed by atoms with Crippen LogP contribution in [0.25, 0.3) is 0 Å². The lowest BCUT2D eigenvalue weighted by Crippen LogP contribution is -2.34. The van der Waals surface area contributed by atoms with Gasteiger partial charge in [-0.15, -0.1) is 0 Å². The van der Waals surface area contributed by atoms with Crippen molar-refractivity contribution in [1.29, 1.82) is 0 Å². The largest absolute Gasteiger partial charge is 0.342 e. The zero-order valence-corrected chi connectivity index (χ0v) is 13.7. The maximum absolute atomic E-state index is 12.3. The van der Waals surface area contributed by atoms with E-state index in [-0.39, 0.29) is 11.9 Å². The number of benzene rings is 1. The minimum absolute atomic E-state index is 0.0304. The molecule has 0 heterocycles. The molecule has 0 aromatic heterocycles. The molecule has 1 rings (SSSR count). The molecule has 0 aliphatic rings. The minimum atomic E-state index is 0.0304. The highest BCUT2D eigenvalue weighted by atomic mass is 79.9. The molecule has 0 spiro atoms. The Balaban J connectivity index is 2.66. The van der Waals surface area contributed by atoms with E-state index in [9.17, 15) is 4.79 Å². The Kier molecular flexibility index (Phi) is 6.01. The number of aryl methyl sites for hydroxylation is 1. The highest BCUT2D eigenvalue weighted by molar-refractivity contribution is 9.10. The van der Waals surface area contributed by atoms with E-state index >= 15 is 0 Å². The van der Waals surface area contributed by atoms with Gasteiger partial charge in [0.15, 0.2) is 0 Å². The summed E-state index contributed by atoms with van der Waals surface area (Å²) in [5, 5.41) is 0. The Morgan fingerprint density at radius 3 is 2.58 bits per heavy atom. The van der Waals surface area contributed by atoms with Gasteiger partial charge in [0, 0.05) is 24.1 Å². The smallest absolute Gasteiger partial charge is 0.254 e. The van der Waals surface area contributed by atoms with Crippen LogP contribution < -0.4 is 5.73 Å². The summed E-state index contributed by atoms with van der Waals surface area (Å²) < 4.78 is 0.845. The molecular formula is C15H23BrN2O. The third-order valence-corrected chi connectivity index (χ3v) is 4.01. The average Bonchev–Trinajstić information content (AvgIpc) is 2.34. The molecule has 0 radical (unpaired) electrons. The second kappa shape index (κ2) is 7.06. The third-order valence-electron chi connectivity index (χ3n) is 3.36. The fourth-order valence-electron chi connectivity index (χ4n) is 1.78. The minimum Gasteiger partial charge on any atom is -0.342 e. The monoisotopic (exact) mass is 326 g/mol. The Hall–Kier alpha value is -0.870. The predicted molar refractivity (Wildman–Crippen MR) is 83.3 cm³/mol. The number of hydrogen-bond donors (Lipinski definition) is 1. The molecule has 0 aliphatic heterocycles. The van der Waals surface area contributed by atoms with Crippen LogP contribution in [0, 0.1) is 12.8 Å². The van der Waals surface area contributed by atoms with Crippen LogP contribution in [0.2, 0.25) is 0 Å². The third kappa shape index (κ3) is 4.62. The summed E-state index contributed by atoms with van der Waals surface area (Å²) in [4.78, 5) is 14.0. The first kappa shape index (κ1) is 16.2. The molecule has 0 aliphatic carbocycles. The van der Waals surface area contributed by atoms with Crippen molar-refractivity contribution in [2.75, 3.05) is 13.6 Å². The standard InChI is InChI=1S/C15H23BrN2O/c1-10(2)14(17)7-8-18(4)15(19)12-6-5-11(3)9-13(12)16/h5-6,9-10,14H,7-8,17H2,1-4H3. The van der Waals surface area contributed by atoms with Crippen LogP contribution in [0.1, 0.15) is 36.2 Å². The second-order valence-corrected chi connectivity index (χ2v) is 6.26. The summed E-state index contributed by atoms with van der Waals surface area (Å²) in [6.45, 7) is 6.88. The van der Waals surface area contributed by atoms with Gasteiger partial charge in [0.25, 0.3) is 5.91 Å². The number of carbonyl (C=O) groups is 1. The number of carbonyl (C=O) groups excluding carboxylic acids is 1. The molecule has 1 unspecified atom stereocenters. The van der Waals surface area contributed by atoms with Gasteiger partial charge in [-0.2, -0.15) is 0 Å². The molecule has 1 amide bonds. The van der Waals surface area contributed by atoms with Gasteiger partial charge >= 0.3 is 0 Å². The molecule has 0 bridgehead atoms. The van der Waals surface area contributed by atoms with Crippen molar-refractivity contribution in [3.63, 3.8) is 0 Å². The van der Waals surface area contributed by atoms with E-state index < -0.39 is 0 Å². The molecule has 1 aromatic rings. The van der Waals surface area contributed by atoms with Crippen LogP contribution in [-0.4, -0.2) is 30.4 Å². The summed E-state index contributed by atoms with van der Waals surface area (Å²) >= 11 is 3.45. The summed E-state index contributed by atoms with van der Waals surface area (Å²) in [5.41, 5.74) is 7.84. The number of hydrogen-bond acceptors (Lipinski definition) is 2. The van der Waals surface area contributed by atoms with Crippen LogP contribution in [-0.2, 0) is 0 Å². The number of amides is 1. The molecule has 0 saturated carbocycles. The molecule has 0 saturated heterocycles. The molecule has 4 heteroatoms. The van der Waals surface area contributed by atoms with Gasteiger partial charge in [-0.1, -0.05) is 19.9 Å². The SMILES string of the molecule is Cc1ccc(C(=O)N(C)CCC(N)C(C)C)c(Br)c1. The lowest BCUT2D eigenvalue weighted by molar-refractivity contribution is 0.0788. The Morgan fingerprint density at radius 1 is 1.42 bits per heavy atom. The van der Waals surface area contributed by atoms with Crippen molar-refractivity contribution in [3.8, 4) is 0 Å². The van der Waals surface area contributed by atoms with Crippen LogP contribution in [0.5, 0.6) is 0 Å². The fourth-order valence-corrected chi connectivity index (χ4v) is 2.44. The molecule has 1 atom stereocenters. The predicted octanol–water partition coefficient (Wildman–Crippen LogP) is 3.20. The second-order valence-electron chi connectivity index (χ2n) is 5.41. The Morgan fingerprint density at radius 2 is 2.05 bits per heavy atom. The van der Waals surface area contributed by atoms with Crippen molar-refractivity contribution in [1.82, 2.24) is 4.90 Å². The molecule has 1 aromatic carbocycles. The van der Waals surface area contributed by atoms with Crippen molar-refractivity contribution in [3.05, 3.63) is 33.8 Å². The van der Waals surface area contributed by atoms with Crippen molar-refractivity contribution in [2.24, 2.45) is 11.7 Å². The summed E-state index contributed by atoms with van der Waals surface area (Å²) in [7, 11) is 1.82. The van der Waals surface area contributed by atoms with Gasteiger partial charge in [-0.05, 0) is 52.9 Å². The lowest BCUT2D eigenvalue weighted by Gasteiger charge is -2.22. The van der Waals surface area contributed by atoms with Gasteiger partial charge in [0.2, 0.25) is 0 Å². The normalized spacial score (nSPS) is 12.6. The number of nitrogens with two attached hydrogens (primary N) is 1. The molecule has 3 nitrogen and oxygen atoms in total. The van der Waals surface area contributed by atoms with E-state index in [0.29, 0.717) is 18.0 Å². The first-order valence-corrected chi connectivity index (χ1v) is 7.39.